The van der Waals surface area contributed by atoms with Gasteiger partial charge >= 0.3 is 0 Å². The normalized spacial score (nSPS) is 28.3. The molecule has 3 atom stereocenters. The first-order chi connectivity index (χ1) is 11.2. The molecule has 0 bridgehead atoms. The molecule has 0 aliphatic carbocycles. The molecule has 2 aliphatic rings. The van der Waals surface area contributed by atoms with Crippen molar-refractivity contribution in [1.82, 2.24) is 15.2 Å². The van der Waals surface area contributed by atoms with Gasteiger partial charge in [0, 0.05) is 38.2 Å². The van der Waals surface area contributed by atoms with Crippen molar-refractivity contribution in [3.05, 3.63) is 16.1 Å². The van der Waals surface area contributed by atoms with Gasteiger partial charge in [-0.2, -0.15) is 0 Å². The number of aryl methyl sites for hydroxylation is 1. The number of hydrogen-bond donors (Lipinski definition) is 1. The third-order valence-corrected chi connectivity index (χ3v) is 5.59. The van der Waals surface area contributed by atoms with Gasteiger partial charge in [0.2, 0.25) is 5.91 Å². The van der Waals surface area contributed by atoms with Crippen LogP contribution in [0.4, 0.5) is 0 Å². The molecule has 0 saturated carbocycles. The monoisotopic (exact) mass is 339 g/mol. The lowest BCUT2D eigenvalue weighted by molar-refractivity contribution is -0.131. The molecule has 3 rings (SSSR count). The van der Waals surface area contributed by atoms with Crippen molar-refractivity contribution >= 4 is 17.2 Å². The molecule has 0 unspecified atom stereocenters. The molecular formula is C16H25N3O3S. The van der Waals surface area contributed by atoms with Gasteiger partial charge in [0.1, 0.15) is 6.61 Å². The van der Waals surface area contributed by atoms with E-state index in [-0.39, 0.29) is 24.7 Å². The fourth-order valence-corrected chi connectivity index (χ4v) is 4.43. The van der Waals surface area contributed by atoms with Gasteiger partial charge in [-0.1, -0.05) is 0 Å². The summed E-state index contributed by atoms with van der Waals surface area (Å²) in [6, 6.07) is 0.0323. The van der Waals surface area contributed by atoms with Crippen LogP contribution in [0.15, 0.2) is 5.51 Å². The topological polar surface area (TPSA) is 63.7 Å². The molecule has 1 amide bonds. The molecule has 1 N–H and O–H groups in total. The summed E-state index contributed by atoms with van der Waals surface area (Å²) in [6.07, 6.45) is 2.40. The second kappa shape index (κ2) is 7.70. The number of amides is 1. The molecular weight excluding hydrogens is 314 g/mol. The van der Waals surface area contributed by atoms with Crippen LogP contribution >= 0.6 is 11.3 Å². The number of ether oxygens (including phenoxy) is 2. The zero-order valence-corrected chi connectivity index (χ0v) is 14.6. The predicted octanol–water partition coefficient (Wildman–Crippen LogP) is 1.19. The molecule has 128 valence electrons. The fraction of sp³-hybridized carbons (Fsp3) is 0.750. The SMILES string of the molecule is COCC(=O)N[C@H]1CN(Cc2scnc2C)C[C@H]2CCCO[C@H]21. The summed E-state index contributed by atoms with van der Waals surface area (Å²) >= 11 is 1.70. The largest absolute Gasteiger partial charge is 0.376 e. The van der Waals surface area contributed by atoms with Crippen molar-refractivity contribution in [2.24, 2.45) is 5.92 Å². The van der Waals surface area contributed by atoms with Crippen LogP contribution in [0.2, 0.25) is 0 Å². The molecule has 0 spiro atoms. The standard InChI is InChI=1S/C16H25N3O3S/c1-11-14(23-10-17-11)8-19-6-12-4-3-5-22-16(12)13(7-19)18-15(20)9-21-2/h10,12-13,16H,3-9H2,1-2H3,(H,18,20)/t12-,13+,16-/m1/s1. The Morgan fingerprint density at radius 1 is 1.57 bits per heavy atom. The number of rotatable bonds is 5. The van der Waals surface area contributed by atoms with Gasteiger partial charge in [-0.3, -0.25) is 9.69 Å². The molecule has 0 aromatic carbocycles. The van der Waals surface area contributed by atoms with E-state index in [9.17, 15) is 4.79 Å². The van der Waals surface area contributed by atoms with Crippen LogP contribution in [-0.2, 0) is 20.8 Å². The number of nitrogens with one attached hydrogen (secondary N) is 1. The van der Waals surface area contributed by atoms with E-state index in [2.05, 4.69) is 22.1 Å². The number of methoxy groups -OCH3 is 1. The lowest BCUT2D eigenvalue weighted by Crippen LogP contribution is -2.61. The Kier molecular flexibility index (Phi) is 5.63. The summed E-state index contributed by atoms with van der Waals surface area (Å²) in [4.78, 5) is 20.0. The minimum Gasteiger partial charge on any atom is -0.376 e. The molecule has 3 heterocycles. The Balaban J connectivity index is 1.68. The van der Waals surface area contributed by atoms with E-state index in [4.69, 9.17) is 9.47 Å². The molecule has 1 aromatic rings. The molecule has 2 saturated heterocycles. The van der Waals surface area contributed by atoms with E-state index >= 15 is 0 Å². The number of hydrogen-bond acceptors (Lipinski definition) is 6. The number of nitrogens with zero attached hydrogens (tertiary/aromatic N) is 2. The van der Waals surface area contributed by atoms with Gasteiger partial charge in [0.25, 0.3) is 0 Å². The smallest absolute Gasteiger partial charge is 0.246 e. The number of likely N-dealkylation sites (tertiary alicyclic amines) is 1. The maximum atomic E-state index is 11.9. The highest BCUT2D eigenvalue weighted by molar-refractivity contribution is 7.09. The van der Waals surface area contributed by atoms with Crippen molar-refractivity contribution in [1.29, 1.82) is 0 Å². The van der Waals surface area contributed by atoms with E-state index in [0.29, 0.717) is 5.92 Å². The summed E-state index contributed by atoms with van der Waals surface area (Å²) in [5.41, 5.74) is 3.01. The molecule has 23 heavy (non-hydrogen) atoms. The van der Waals surface area contributed by atoms with E-state index in [1.54, 1.807) is 18.4 Å². The van der Waals surface area contributed by atoms with Crippen LogP contribution in [-0.4, -0.2) is 61.3 Å². The Labute approximate surface area is 141 Å². The summed E-state index contributed by atoms with van der Waals surface area (Å²) in [7, 11) is 1.54. The fourth-order valence-electron chi connectivity index (χ4n) is 3.61. The lowest BCUT2D eigenvalue weighted by atomic mass is 9.85. The lowest BCUT2D eigenvalue weighted by Gasteiger charge is -2.46. The average molecular weight is 339 g/mol. The van der Waals surface area contributed by atoms with Crippen molar-refractivity contribution < 1.29 is 14.3 Å². The van der Waals surface area contributed by atoms with E-state index < -0.39 is 0 Å². The highest BCUT2D eigenvalue weighted by Gasteiger charge is 2.40. The molecule has 2 fully saturated rings. The van der Waals surface area contributed by atoms with Gasteiger partial charge in [-0.15, -0.1) is 11.3 Å². The number of carbonyl (C=O) groups is 1. The third kappa shape index (κ3) is 4.09. The number of carbonyl (C=O) groups excluding carboxylic acids is 1. The van der Waals surface area contributed by atoms with E-state index in [1.807, 2.05) is 5.51 Å². The van der Waals surface area contributed by atoms with Crippen LogP contribution < -0.4 is 5.32 Å². The van der Waals surface area contributed by atoms with Gasteiger partial charge in [0.05, 0.1) is 23.4 Å². The number of piperidine rings is 1. The van der Waals surface area contributed by atoms with E-state index in [0.717, 1.165) is 38.4 Å². The summed E-state index contributed by atoms with van der Waals surface area (Å²) in [5, 5.41) is 3.10. The zero-order chi connectivity index (χ0) is 16.2. The summed E-state index contributed by atoms with van der Waals surface area (Å²) in [5.74, 6) is 0.416. The second-order valence-electron chi connectivity index (χ2n) is 6.40. The maximum absolute atomic E-state index is 11.9. The maximum Gasteiger partial charge on any atom is 0.246 e. The third-order valence-electron chi connectivity index (χ3n) is 4.67. The average Bonchev–Trinajstić information content (AvgIpc) is 2.93. The first kappa shape index (κ1) is 16.8. The number of thiazole rings is 1. The van der Waals surface area contributed by atoms with Crippen LogP contribution in [0.3, 0.4) is 0 Å². The predicted molar refractivity (Wildman–Crippen MR) is 88.4 cm³/mol. The van der Waals surface area contributed by atoms with Crippen molar-refractivity contribution in [2.45, 2.75) is 38.5 Å². The zero-order valence-electron chi connectivity index (χ0n) is 13.8. The molecule has 2 aliphatic heterocycles. The highest BCUT2D eigenvalue weighted by Crippen LogP contribution is 2.30. The van der Waals surface area contributed by atoms with Crippen LogP contribution in [0, 0.1) is 12.8 Å². The summed E-state index contributed by atoms with van der Waals surface area (Å²) in [6.45, 7) is 5.69. The Hall–Kier alpha value is -1.02. The minimum atomic E-state index is -0.0683. The molecule has 6 nitrogen and oxygen atoms in total. The number of fused-ring (bicyclic) bond motifs is 1. The quantitative estimate of drug-likeness (QED) is 0.873. The Morgan fingerprint density at radius 2 is 2.43 bits per heavy atom. The minimum absolute atomic E-state index is 0.0323. The molecule has 1 aromatic heterocycles. The first-order valence-corrected chi connectivity index (χ1v) is 9.06. The van der Waals surface area contributed by atoms with Crippen molar-refractivity contribution in [2.75, 3.05) is 33.4 Å². The number of aromatic nitrogens is 1. The van der Waals surface area contributed by atoms with Crippen LogP contribution in [0.1, 0.15) is 23.4 Å². The first-order valence-electron chi connectivity index (χ1n) is 8.18. The highest BCUT2D eigenvalue weighted by atomic mass is 32.1. The van der Waals surface area contributed by atoms with Crippen molar-refractivity contribution in [3.8, 4) is 0 Å². The second-order valence-corrected chi connectivity index (χ2v) is 7.34. The van der Waals surface area contributed by atoms with Gasteiger partial charge in [-0.05, 0) is 25.7 Å². The molecule has 0 radical (unpaired) electrons. The van der Waals surface area contributed by atoms with Gasteiger partial charge in [0.15, 0.2) is 0 Å². The summed E-state index contributed by atoms with van der Waals surface area (Å²) < 4.78 is 10.9. The van der Waals surface area contributed by atoms with Gasteiger partial charge in [-0.25, -0.2) is 4.98 Å². The Bertz CT molecular complexity index is 536. The molecule has 7 heteroatoms. The van der Waals surface area contributed by atoms with Crippen LogP contribution in [0.5, 0.6) is 0 Å². The van der Waals surface area contributed by atoms with Gasteiger partial charge < -0.3 is 14.8 Å². The van der Waals surface area contributed by atoms with E-state index in [1.165, 1.54) is 11.3 Å². The van der Waals surface area contributed by atoms with Crippen LogP contribution in [0.25, 0.3) is 0 Å². The van der Waals surface area contributed by atoms with Crippen molar-refractivity contribution in [3.63, 3.8) is 0 Å². The Morgan fingerprint density at radius 3 is 3.17 bits per heavy atom.